The zero-order valence-corrected chi connectivity index (χ0v) is 7.96. The molecule has 1 rings (SSSR count). The van der Waals surface area contributed by atoms with Crippen molar-refractivity contribution in [3.63, 3.8) is 0 Å². The highest BCUT2D eigenvalue weighted by molar-refractivity contribution is 5.81. The Morgan fingerprint density at radius 2 is 1.93 bits per heavy atom. The molecule has 0 bridgehead atoms. The van der Waals surface area contributed by atoms with Crippen LogP contribution < -0.4 is 0 Å². The Kier molecular flexibility index (Phi) is 3.40. The molecule has 15 heavy (non-hydrogen) atoms. The number of hydrogen-bond donors (Lipinski definition) is 0. The molecule has 0 saturated heterocycles. The van der Waals surface area contributed by atoms with Gasteiger partial charge in [-0.05, 0) is 18.1 Å². The van der Waals surface area contributed by atoms with Crippen LogP contribution in [0.5, 0.6) is 0 Å². The molecule has 4 heteroatoms. The summed E-state index contributed by atoms with van der Waals surface area (Å²) in [7, 11) is 0.889. The number of carbonyl (C=O) groups excluding carboxylic acids is 1. The van der Waals surface area contributed by atoms with Crippen LogP contribution in [0.15, 0.2) is 30.3 Å². The molecule has 0 radical (unpaired) electrons. The van der Waals surface area contributed by atoms with E-state index in [1.165, 1.54) is 0 Å². The summed E-state index contributed by atoms with van der Waals surface area (Å²) in [6.45, 7) is 0. The first kappa shape index (κ1) is 11.2. The van der Waals surface area contributed by atoms with E-state index in [0.29, 0.717) is 5.56 Å². The molecule has 0 aliphatic heterocycles. The lowest BCUT2D eigenvalue weighted by Gasteiger charge is -2.04. The Morgan fingerprint density at radius 3 is 2.47 bits per heavy atom. The molecular weight excluding hydrogens is 202 g/mol. The summed E-state index contributed by atoms with van der Waals surface area (Å²) in [6.07, 6.45) is 0. The van der Waals surface area contributed by atoms with Crippen LogP contribution in [0, 0.1) is 11.8 Å². The molecule has 0 atom stereocenters. The number of esters is 1. The van der Waals surface area contributed by atoms with E-state index in [1.54, 1.807) is 36.3 Å². The molecule has 0 fully saturated rings. The second-order valence-electron chi connectivity index (χ2n) is 2.68. The fourth-order valence-electron chi connectivity index (χ4n) is 0.851. The van der Waals surface area contributed by atoms with Crippen molar-refractivity contribution in [2.75, 3.05) is 7.11 Å². The zero-order valence-electron chi connectivity index (χ0n) is 7.96. The van der Waals surface area contributed by atoms with Crippen LogP contribution in [0.4, 0.5) is 8.78 Å². The first-order valence-electron chi connectivity index (χ1n) is 4.11. The summed E-state index contributed by atoms with van der Waals surface area (Å²) >= 11 is 0. The van der Waals surface area contributed by atoms with Crippen molar-refractivity contribution in [1.29, 1.82) is 0 Å². The SMILES string of the molecule is COC(=O)C(F)(F)C#Cc1ccccc1. The van der Waals surface area contributed by atoms with Gasteiger partial charge in [-0.2, -0.15) is 8.78 Å². The monoisotopic (exact) mass is 210 g/mol. The lowest BCUT2D eigenvalue weighted by Crippen LogP contribution is -2.27. The largest absolute Gasteiger partial charge is 0.464 e. The van der Waals surface area contributed by atoms with Crippen molar-refractivity contribution in [2.45, 2.75) is 5.92 Å². The molecule has 0 unspecified atom stereocenters. The van der Waals surface area contributed by atoms with Crippen molar-refractivity contribution in [2.24, 2.45) is 0 Å². The number of ether oxygens (including phenoxy) is 1. The third kappa shape index (κ3) is 3.06. The molecular formula is C11H8F2O2. The number of benzene rings is 1. The maximum absolute atomic E-state index is 12.9. The normalized spacial score (nSPS) is 10.1. The third-order valence-electron chi connectivity index (χ3n) is 1.58. The van der Waals surface area contributed by atoms with Gasteiger partial charge in [0.1, 0.15) is 0 Å². The van der Waals surface area contributed by atoms with Gasteiger partial charge in [-0.25, -0.2) is 4.79 Å². The van der Waals surface area contributed by atoms with Gasteiger partial charge in [0, 0.05) is 5.56 Å². The van der Waals surface area contributed by atoms with Gasteiger partial charge in [0.15, 0.2) is 0 Å². The predicted octanol–water partition coefficient (Wildman–Crippen LogP) is 1.85. The Bertz CT molecular complexity index is 402. The van der Waals surface area contributed by atoms with E-state index in [-0.39, 0.29) is 0 Å². The Morgan fingerprint density at radius 1 is 1.33 bits per heavy atom. The van der Waals surface area contributed by atoms with E-state index < -0.39 is 11.9 Å². The second-order valence-corrected chi connectivity index (χ2v) is 2.68. The molecule has 0 amide bonds. The zero-order chi connectivity index (χ0) is 11.3. The minimum atomic E-state index is -3.76. The van der Waals surface area contributed by atoms with E-state index in [9.17, 15) is 13.6 Å². The van der Waals surface area contributed by atoms with Crippen LogP contribution >= 0.6 is 0 Å². The minimum absolute atomic E-state index is 0.418. The number of rotatable bonds is 1. The average molecular weight is 210 g/mol. The third-order valence-corrected chi connectivity index (χ3v) is 1.58. The molecule has 0 aliphatic carbocycles. The first-order valence-corrected chi connectivity index (χ1v) is 4.11. The van der Waals surface area contributed by atoms with Crippen LogP contribution in [-0.4, -0.2) is 19.0 Å². The van der Waals surface area contributed by atoms with E-state index >= 15 is 0 Å². The molecule has 2 nitrogen and oxygen atoms in total. The van der Waals surface area contributed by atoms with Gasteiger partial charge in [0.05, 0.1) is 7.11 Å². The quantitative estimate of drug-likeness (QED) is 0.522. The highest BCUT2D eigenvalue weighted by Gasteiger charge is 2.37. The lowest BCUT2D eigenvalue weighted by atomic mass is 10.2. The number of carbonyl (C=O) groups is 1. The maximum Gasteiger partial charge on any atom is 0.403 e. The Balaban J connectivity index is 2.86. The van der Waals surface area contributed by atoms with Crippen LogP contribution in [0.1, 0.15) is 5.56 Å². The summed E-state index contributed by atoms with van der Waals surface area (Å²) in [4.78, 5) is 10.6. The molecule has 1 aromatic rings. The fraction of sp³-hybridized carbons (Fsp3) is 0.182. The topological polar surface area (TPSA) is 26.3 Å². The van der Waals surface area contributed by atoms with Crippen LogP contribution in [0.3, 0.4) is 0 Å². The number of alkyl halides is 2. The van der Waals surface area contributed by atoms with E-state index in [0.717, 1.165) is 7.11 Å². The summed E-state index contributed by atoms with van der Waals surface area (Å²) < 4.78 is 29.6. The number of halogens is 2. The van der Waals surface area contributed by atoms with Gasteiger partial charge in [-0.15, -0.1) is 0 Å². The summed E-state index contributed by atoms with van der Waals surface area (Å²) in [5, 5.41) is 0. The van der Waals surface area contributed by atoms with Crippen molar-refractivity contribution in [3.05, 3.63) is 35.9 Å². The average Bonchev–Trinajstić information content (AvgIpc) is 2.27. The van der Waals surface area contributed by atoms with Gasteiger partial charge in [-0.3, -0.25) is 0 Å². The van der Waals surface area contributed by atoms with Gasteiger partial charge in [-0.1, -0.05) is 24.1 Å². The van der Waals surface area contributed by atoms with Gasteiger partial charge in [0.2, 0.25) is 0 Å². The van der Waals surface area contributed by atoms with E-state index in [4.69, 9.17) is 0 Å². The molecule has 0 aliphatic rings. The molecule has 1 aromatic carbocycles. The summed E-state index contributed by atoms with van der Waals surface area (Å²) in [6, 6.07) is 8.21. The fourth-order valence-corrected chi connectivity index (χ4v) is 0.851. The Labute approximate surface area is 85.9 Å². The smallest absolute Gasteiger partial charge is 0.403 e. The van der Waals surface area contributed by atoms with Crippen LogP contribution in [-0.2, 0) is 9.53 Å². The number of methoxy groups -OCH3 is 1. The highest BCUT2D eigenvalue weighted by Crippen LogP contribution is 2.13. The molecule has 0 aromatic heterocycles. The molecule has 0 heterocycles. The minimum Gasteiger partial charge on any atom is -0.464 e. The van der Waals surface area contributed by atoms with Crippen LogP contribution in [0.2, 0.25) is 0 Å². The van der Waals surface area contributed by atoms with Crippen molar-refractivity contribution >= 4 is 5.97 Å². The molecule has 0 saturated carbocycles. The van der Waals surface area contributed by atoms with Gasteiger partial charge in [0.25, 0.3) is 0 Å². The molecule has 78 valence electrons. The van der Waals surface area contributed by atoms with Crippen molar-refractivity contribution in [3.8, 4) is 11.8 Å². The van der Waals surface area contributed by atoms with Gasteiger partial charge < -0.3 is 4.74 Å². The predicted molar refractivity (Wildman–Crippen MR) is 50.3 cm³/mol. The van der Waals surface area contributed by atoms with E-state index in [2.05, 4.69) is 10.7 Å². The lowest BCUT2D eigenvalue weighted by molar-refractivity contribution is -0.160. The number of hydrogen-bond acceptors (Lipinski definition) is 2. The van der Waals surface area contributed by atoms with Gasteiger partial charge >= 0.3 is 11.9 Å². The first-order chi connectivity index (χ1) is 7.06. The summed E-state index contributed by atoms with van der Waals surface area (Å²) in [5.74, 6) is -1.64. The second kappa shape index (κ2) is 4.56. The molecule has 0 N–H and O–H groups in total. The van der Waals surface area contributed by atoms with Crippen LogP contribution in [0.25, 0.3) is 0 Å². The molecule has 0 spiro atoms. The summed E-state index contributed by atoms with van der Waals surface area (Å²) in [5.41, 5.74) is 0.418. The van der Waals surface area contributed by atoms with Crippen molar-refractivity contribution < 1.29 is 18.3 Å². The maximum atomic E-state index is 12.9. The standard InChI is InChI=1S/C11H8F2O2/c1-15-10(14)11(12,13)8-7-9-5-3-2-4-6-9/h2-6H,1H3. The van der Waals surface area contributed by atoms with E-state index in [1.807, 2.05) is 0 Å². The Hall–Kier alpha value is -1.89. The highest BCUT2D eigenvalue weighted by atomic mass is 19.3. The van der Waals surface area contributed by atoms with Crippen molar-refractivity contribution in [1.82, 2.24) is 0 Å².